The van der Waals surface area contributed by atoms with E-state index < -0.39 is 0 Å². The van der Waals surface area contributed by atoms with Crippen molar-refractivity contribution in [2.24, 2.45) is 34.0 Å². The standard InChI is InChI=1S/C31H52O/c1-9-24(15-11-14-23(4)13-10-12-22(2)3)25-16-17-27-30(25,7)20-18-26-29(5,6)28(32)19-21-31(26,27)8/h9,12,14,25-28,32H,10-11,13,15-21H2,1-8H3/b23-14+,24-9+/t25-,26-,27+,28-,30-,31-/m0/s1. The average Bonchev–Trinajstić information content (AvgIpc) is 3.06. The van der Waals surface area contributed by atoms with Crippen molar-refractivity contribution in [3.05, 3.63) is 34.9 Å². The van der Waals surface area contributed by atoms with Crippen LogP contribution in [-0.4, -0.2) is 11.2 Å². The Labute approximate surface area is 199 Å². The molecule has 0 unspecified atom stereocenters. The van der Waals surface area contributed by atoms with E-state index in [1.165, 1.54) is 63.4 Å². The van der Waals surface area contributed by atoms with Crippen LogP contribution in [0.25, 0.3) is 0 Å². The summed E-state index contributed by atoms with van der Waals surface area (Å²) in [6.07, 6.45) is 19.6. The van der Waals surface area contributed by atoms with E-state index in [2.05, 4.69) is 73.6 Å². The van der Waals surface area contributed by atoms with Gasteiger partial charge in [0.15, 0.2) is 0 Å². The van der Waals surface area contributed by atoms with E-state index in [-0.39, 0.29) is 11.5 Å². The molecule has 182 valence electrons. The first kappa shape index (κ1) is 25.8. The summed E-state index contributed by atoms with van der Waals surface area (Å²) in [7, 11) is 0. The summed E-state index contributed by atoms with van der Waals surface area (Å²) in [5.41, 5.74) is 5.59. The lowest BCUT2D eigenvalue weighted by atomic mass is 9.42. The van der Waals surface area contributed by atoms with Gasteiger partial charge in [-0.2, -0.15) is 0 Å². The zero-order valence-corrected chi connectivity index (χ0v) is 22.6. The van der Waals surface area contributed by atoms with E-state index in [0.29, 0.717) is 16.7 Å². The molecule has 0 aromatic carbocycles. The predicted octanol–water partition coefficient (Wildman–Crippen LogP) is 9.04. The molecule has 1 heteroatoms. The molecule has 0 spiro atoms. The van der Waals surface area contributed by atoms with Gasteiger partial charge in [0, 0.05) is 0 Å². The molecule has 1 N–H and O–H groups in total. The summed E-state index contributed by atoms with van der Waals surface area (Å²) >= 11 is 0. The number of hydrogen-bond donors (Lipinski definition) is 1. The zero-order chi connectivity index (χ0) is 23.7. The molecule has 32 heavy (non-hydrogen) atoms. The monoisotopic (exact) mass is 440 g/mol. The largest absolute Gasteiger partial charge is 0.393 e. The molecule has 0 bridgehead atoms. The van der Waals surface area contributed by atoms with E-state index in [1.807, 2.05) is 0 Å². The molecule has 0 aromatic rings. The number of rotatable bonds is 7. The molecule has 0 amide bonds. The molecule has 0 heterocycles. The Balaban J connectivity index is 1.69. The van der Waals surface area contributed by atoms with Crippen molar-refractivity contribution in [2.45, 2.75) is 126 Å². The van der Waals surface area contributed by atoms with Gasteiger partial charge in [0.05, 0.1) is 6.10 Å². The molecule has 0 radical (unpaired) electrons. The summed E-state index contributed by atoms with van der Waals surface area (Å²) in [5, 5.41) is 10.8. The van der Waals surface area contributed by atoms with E-state index in [0.717, 1.165) is 18.3 Å². The lowest BCUT2D eigenvalue weighted by Crippen LogP contribution is -2.58. The second-order valence-electron chi connectivity index (χ2n) is 12.9. The molecule has 3 fully saturated rings. The zero-order valence-electron chi connectivity index (χ0n) is 22.6. The highest BCUT2D eigenvalue weighted by molar-refractivity contribution is 5.20. The van der Waals surface area contributed by atoms with Crippen LogP contribution < -0.4 is 0 Å². The molecule has 0 aromatic heterocycles. The Morgan fingerprint density at radius 1 is 0.812 bits per heavy atom. The van der Waals surface area contributed by atoms with Crippen LogP contribution in [0.1, 0.15) is 120 Å². The Kier molecular flexibility index (Phi) is 7.91. The highest BCUT2D eigenvalue weighted by atomic mass is 16.3. The van der Waals surface area contributed by atoms with E-state index in [4.69, 9.17) is 0 Å². The fraction of sp³-hybridized carbons (Fsp3) is 0.806. The molecule has 3 saturated carbocycles. The normalized spacial score (nSPS) is 39.4. The Bertz CT molecular complexity index is 748. The number of aliphatic hydroxyl groups excluding tert-OH is 1. The number of allylic oxidation sites excluding steroid dienone is 6. The first-order valence-corrected chi connectivity index (χ1v) is 13.6. The third-order valence-electron chi connectivity index (χ3n) is 10.4. The van der Waals surface area contributed by atoms with Gasteiger partial charge < -0.3 is 5.11 Å². The van der Waals surface area contributed by atoms with Crippen molar-refractivity contribution in [1.82, 2.24) is 0 Å². The van der Waals surface area contributed by atoms with Crippen molar-refractivity contribution in [3.8, 4) is 0 Å². The fourth-order valence-electron chi connectivity index (χ4n) is 8.62. The van der Waals surface area contributed by atoms with Crippen LogP contribution in [0.4, 0.5) is 0 Å². The van der Waals surface area contributed by atoms with Gasteiger partial charge in [0.1, 0.15) is 0 Å². The van der Waals surface area contributed by atoms with Crippen LogP contribution in [0.5, 0.6) is 0 Å². The third kappa shape index (κ3) is 4.70. The lowest BCUT2D eigenvalue weighted by molar-refractivity contribution is -0.166. The molecule has 3 aliphatic rings. The summed E-state index contributed by atoms with van der Waals surface area (Å²) in [4.78, 5) is 0. The quantitative estimate of drug-likeness (QED) is 0.391. The van der Waals surface area contributed by atoms with Gasteiger partial charge in [0.25, 0.3) is 0 Å². The van der Waals surface area contributed by atoms with Crippen LogP contribution >= 0.6 is 0 Å². The van der Waals surface area contributed by atoms with Crippen molar-refractivity contribution >= 4 is 0 Å². The maximum Gasteiger partial charge on any atom is 0.0594 e. The molecule has 6 atom stereocenters. The maximum absolute atomic E-state index is 10.8. The topological polar surface area (TPSA) is 20.2 Å². The molecular weight excluding hydrogens is 388 g/mol. The minimum atomic E-state index is -0.125. The fourth-order valence-corrected chi connectivity index (χ4v) is 8.62. The lowest BCUT2D eigenvalue weighted by Gasteiger charge is -2.63. The van der Waals surface area contributed by atoms with Crippen molar-refractivity contribution in [3.63, 3.8) is 0 Å². The molecule has 3 aliphatic carbocycles. The first-order valence-electron chi connectivity index (χ1n) is 13.6. The van der Waals surface area contributed by atoms with Crippen molar-refractivity contribution in [2.75, 3.05) is 0 Å². The average molecular weight is 441 g/mol. The summed E-state index contributed by atoms with van der Waals surface area (Å²) in [6, 6.07) is 0. The van der Waals surface area contributed by atoms with E-state index in [1.54, 1.807) is 11.1 Å². The van der Waals surface area contributed by atoms with Crippen LogP contribution in [0.3, 0.4) is 0 Å². The minimum absolute atomic E-state index is 0.0592. The van der Waals surface area contributed by atoms with E-state index in [9.17, 15) is 5.11 Å². The van der Waals surface area contributed by atoms with Crippen LogP contribution in [0.15, 0.2) is 34.9 Å². The van der Waals surface area contributed by atoms with Crippen LogP contribution in [0, 0.1) is 34.0 Å². The second kappa shape index (κ2) is 9.81. The smallest absolute Gasteiger partial charge is 0.0594 e. The highest BCUT2D eigenvalue weighted by Crippen LogP contribution is 2.70. The summed E-state index contributed by atoms with van der Waals surface area (Å²) < 4.78 is 0. The van der Waals surface area contributed by atoms with Gasteiger partial charge in [-0.3, -0.25) is 0 Å². The summed E-state index contributed by atoms with van der Waals surface area (Å²) in [6.45, 7) is 18.9. The summed E-state index contributed by atoms with van der Waals surface area (Å²) in [5.74, 6) is 2.22. The van der Waals surface area contributed by atoms with Gasteiger partial charge in [-0.15, -0.1) is 0 Å². The third-order valence-corrected chi connectivity index (χ3v) is 10.4. The molecule has 3 rings (SSSR count). The maximum atomic E-state index is 10.8. The Morgan fingerprint density at radius 3 is 2.12 bits per heavy atom. The number of aliphatic hydroxyl groups is 1. The SMILES string of the molecule is C/C=C(\CC/C=C(\C)CCC=C(C)C)[C@@H]1CC[C@@H]2[C@@]1(C)CC[C@H]1C(C)(C)[C@@H](O)CC[C@]21C. The van der Waals surface area contributed by atoms with Crippen LogP contribution in [0.2, 0.25) is 0 Å². The molecular formula is C31H52O. The predicted molar refractivity (Wildman–Crippen MR) is 140 cm³/mol. The highest BCUT2D eigenvalue weighted by Gasteiger charge is 2.63. The second-order valence-corrected chi connectivity index (χ2v) is 12.9. The van der Waals surface area contributed by atoms with Gasteiger partial charge >= 0.3 is 0 Å². The minimum Gasteiger partial charge on any atom is -0.393 e. The Morgan fingerprint density at radius 2 is 1.47 bits per heavy atom. The molecule has 1 nitrogen and oxygen atoms in total. The molecule has 0 aliphatic heterocycles. The van der Waals surface area contributed by atoms with Gasteiger partial charge in [-0.05, 0) is 126 Å². The number of fused-ring (bicyclic) bond motifs is 3. The van der Waals surface area contributed by atoms with Crippen LogP contribution in [-0.2, 0) is 0 Å². The Hall–Kier alpha value is -0.820. The van der Waals surface area contributed by atoms with Gasteiger partial charge in [-0.25, -0.2) is 0 Å². The number of hydrogen-bond acceptors (Lipinski definition) is 1. The molecule has 0 saturated heterocycles. The van der Waals surface area contributed by atoms with E-state index >= 15 is 0 Å². The first-order chi connectivity index (χ1) is 15.0. The van der Waals surface area contributed by atoms with Gasteiger partial charge in [-0.1, -0.05) is 62.6 Å². The van der Waals surface area contributed by atoms with Crippen molar-refractivity contribution in [1.29, 1.82) is 0 Å². The van der Waals surface area contributed by atoms with Gasteiger partial charge in [0.2, 0.25) is 0 Å². The van der Waals surface area contributed by atoms with Crippen molar-refractivity contribution < 1.29 is 5.11 Å².